The van der Waals surface area contributed by atoms with Gasteiger partial charge >= 0.3 is 6.18 Å². The molecular formula is C28H29F3N8O3. The number of halogens is 3. The third-order valence-electron chi connectivity index (χ3n) is 6.99. The van der Waals surface area contributed by atoms with Gasteiger partial charge in [-0.3, -0.25) is 14.0 Å². The Morgan fingerprint density at radius 1 is 1.14 bits per heavy atom. The molecule has 0 bridgehead atoms. The molecule has 14 heteroatoms. The van der Waals surface area contributed by atoms with Crippen molar-refractivity contribution in [2.45, 2.75) is 19.0 Å². The first-order valence-electron chi connectivity index (χ1n) is 13.2. The number of pyridine rings is 1. The third-order valence-corrected chi connectivity index (χ3v) is 6.99. The smallest absolute Gasteiger partial charge is 0.383 e. The Morgan fingerprint density at radius 2 is 1.93 bits per heavy atom. The number of fused-ring (bicyclic) bond motifs is 1. The number of carbonyl (C=O) groups excluding carboxylic acids is 2. The maximum atomic E-state index is 13.0. The Balaban J connectivity index is 1.38. The molecule has 5 rings (SSSR count). The molecule has 4 aromatic rings. The van der Waals surface area contributed by atoms with Gasteiger partial charge in [0.15, 0.2) is 0 Å². The lowest BCUT2D eigenvalue weighted by atomic mass is 9.97. The predicted octanol–water partition coefficient (Wildman–Crippen LogP) is 3.62. The topological polar surface area (TPSA) is 140 Å². The van der Waals surface area contributed by atoms with Crippen LogP contribution >= 0.6 is 0 Å². The van der Waals surface area contributed by atoms with Crippen molar-refractivity contribution in [1.82, 2.24) is 24.7 Å². The first-order chi connectivity index (χ1) is 20.2. The lowest BCUT2D eigenvalue weighted by molar-refractivity contribution is -0.137. The Hall–Kier alpha value is -4.72. The van der Waals surface area contributed by atoms with E-state index >= 15 is 0 Å². The second-order valence-corrected chi connectivity index (χ2v) is 9.82. The van der Waals surface area contributed by atoms with E-state index in [9.17, 15) is 22.8 Å². The van der Waals surface area contributed by atoms with Gasteiger partial charge in [0.2, 0.25) is 11.9 Å². The van der Waals surface area contributed by atoms with Crippen LogP contribution in [0.3, 0.4) is 0 Å². The molecular weight excluding hydrogens is 553 g/mol. The Kier molecular flexibility index (Phi) is 8.24. The number of carbonyl (C=O) groups is 2. The molecule has 4 heterocycles. The monoisotopic (exact) mass is 582 g/mol. The molecule has 0 aliphatic carbocycles. The minimum absolute atomic E-state index is 0.0341. The summed E-state index contributed by atoms with van der Waals surface area (Å²) in [5.41, 5.74) is 7.33. The van der Waals surface area contributed by atoms with E-state index in [0.29, 0.717) is 49.0 Å². The summed E-state index contributed by atoms with van der Waals surface area (Å²) in [7, 11) is 1.58. The number of alkyl halides is 3. The highest BCUT2D eigenvalue weighted by molar-refractivity contribution is 6.04. The highest BCUT2D eigenvalue weighted by Gasteiger charge is 2.31. The number of ether oxygens (including phenoxy) is 1. The summed E-state index contributed by atoms with van der Waals surface area (Å²) in [6, 6.07) is 8.03. The lowest BCUT2D eigenvalue weighted by Crippen LogP contribution is -2.44. The summed E-state index contributed by atoms with van der Waals surface area (Å²) in [4.78, 5) is 40.4. The van der Waals surface area contributed by atoms with E-state index in [2.05, 4.69) is 20.6 Å². The quantitative estimate of drug-likeness (QED) is 0.268. The van der Waals surface area contributed by atoms with Crippen LogP contribution in [0, 0.1) is 5.92 Å². The van der Waals surface area contributed by atoms with Crippen LogP contribution in [-0.2, 0) is 15.7 Å². The number of anilines is 3. The Morgan fingerprint density at radius 3 is 2.67 bits per heavy atom. The number of nitrogen functional groups attached to an aromatic ring is 1. The summed E-state index contributed by atoms with van der Waals surface area (Å²) >= 11 is 0. The molecule has 1 aliphatic heterocycles. The number of amides is 2. The molecule has 1 atom stereocenters. The summed E-state index contributed by atoms with van der Waals surface area (Å²) in [6.45, 7) is 2.05. The Bertz CT molecular complexity index is 1590. The van der Waals surface area contributed by atoms with E-state index in [0.717, 1.165) is 31.2 Å². The number of hydrogen-bond acceptors (Lipinski definition) is 8. The number of hydrogen-bond donors (Lipinski definition) is 3. The van der Waals surface area contributed by atoms with Crippen molar-refractivity contribution < 1.29 is 27.5 Å². The van der Waals surface area contributed by atoms with Gasteiger partial charge in [-0.15, -0.1) is 0 Å². The fourth-order valence-electron chi connectivity index (χ4n) is 4.91. The summed E-state index contributed by atoms with van der Waals surface area (Å²) in [6.07, 6.45) is 1.32. The van der Waals surface area contributed by atoms with Gasteiger partial charge in [0, 0.05) is 56.5 Å². The molecule has 1 unspecified atom stereocenters. The second kappa shape index (κ2) is 12.0. The fraction of sp³-hybridized carbons (Fsp3) is 0.321. The van der Waals surface area contributed by atoms with Crippen LogP contribution < -0.4 is 21.3 Å². The van der Waals surface area contributed by atoms with E-state index in [1.165, 1.54) is 12.1 Å². The number of imidazole rings is 1. The molecule has 11 nitrogen and oxygen atoms in total. The summed E-state index contributed by atoms with van der Waals surface area (Å²) in [5.74, 6) is -0.207. The number of nitrogens with two attached hydrogens (primary N) is 1. The average molecular weight is 583 g/mol. The zero-order chi connectivity index (χ0) is 29.9. The van der Waals surface area contributed by atoms with Crippen molar-refractivity contribution >= 4 is 34.9 Å². The SMILES string of the molecule is COCCNC(=O)C1CCCN(c2nc(-c3ccc(C(=O)Nc4cc(C(F)(F)F)ccn4)cc3)c3c(N)nccn23)C1. The van der Waals surface area contributed by atoms with Crippen LogP contribution in [0.25, 0.3) is 16.8 Å². The van der Waals surface area contributed by atoms with E-state index in [4.69, 9.17) is 15.5 Å². The van der Waals surface area contributed by atoms with Crippen LogP contribution in [0.15, 0.2) is 55.0 Å². The first-order valence-corrected chi connectivity index (χ1v) is 13.2. The molecule has 3 aromatic heterocycles. The van der Waals surface area contributed by atoms with Crippen LogP contribution in [0.5, 0.6) is 0 Å². The highest BCUT2D eigenvalue weighted by Crippen LogP contribution is 2.33. The fourth-order valence-corrected chi connectivity index (χ4v) is 4.91. The van der Waals surface area contributed by atoms with Gasteiger partial charge in [-0.25, -0.2) is 15.0 Å². The maximum absolute atomic E-state index is 13.0. The molecule has 42 heavy (non-hydrogen) atoms. The number of benzene rings is 1. The maximum Gasteiger partial charge on any atom is 0.416 e. The van der Waals surface area contributed by atoms with Crippen LogP contribution in [-0.4, -0.2) is 64.5 Å². The van der Waals surface area contributed by atoms with Gasteiger partial charge < -0.3 is 26.0 Å². The van der Waals surface area contributed by atoms with Crippen LogP contribution in [0.1, 0.15) is 28.8 Å². The van der Waals surface area contributed by atoms with Crippen LogP contribution in [0.4, 0.5) is 30.8 Å². The van der Waals surface area contributed by atoms with E-state index in [1.54, 1.807) is 31.6 Å². The van der Waals surface area contributed by atoms with Crippen molar-refractivity contribution in [3.05, 3.63) is 66.1 Å². The van der Waals surface area contributed by atoms with Gasteiger partial charge in [-0.05, 0) is 37.1 Å². The molecule has 1 aromatic carbocycles. The van der Waals surface area contributed by atoms with Crippen molar-refractivity contribution in [3.8, 4) is 11.3 Å². The van der Waals surface area contributed by atoms with Gasteiger partial charge in [0.05, 0.1) is 18.1 Å². The number of aromatic nitrogens is 4. The first kappa shape index (κ1) is 28.8. The summed E-state index contributed by atoms with van der Waals surface area (Å²) < 4.78 is 45.9. The predicted molar refractivity (Wildman–Crippen MR) is 150 cm³/mol. The third kappa shape index (κ3) is 6.12. The average Bonchev–Trinajstić information content (AvgIpc) is 3.38. The molecule has 2 amide bonds. The van der Waals surface area contributed by atoms with E-state index in [1.807, 2.05) is 9.30 Å². The van der Waals surface area contributed by atoms with Crippen molar-refractivity contribution in [3.63, 3.8) is 0 Å². The molecule has 0 saturated carbocycles. The standard InChI is InChI=1S/C28H29F3N8O3/c1-42-14-11-35-25(40)19-3-2-12-38(16-19)27-37-22(23-24(32)34-10-13-39(23)27)17-4-6-18(7-5-17)26(41)36-21-15-20(8-9-33-21)28(29,30)31/h4-10,13,15,19H,2-3,11-12,14,16H2,1H3,(H2,32,34)(H,35,40)(H,33,36,41). The van der Waals surface area contributed by atoms with Crippen LogP contribution in [0.2, 0.25) is 0 Å². The van der Waals surface area contributed by atoms with Gasteiger partial charge in [-0.2, -0.15) is 13.2 Å². The minimum atomic E-state index is -4.56. The highest BCUT2D eigenvalue weighted by atomic mass is 19.4. The van der Waals surface area contributed by atoms with Gasteiger partial charge in [0.1, 0.15) is 22.8 Å². The van der Waals surface area contributed by atoms with E-state index in [-0.39, 0.29) is 29.0 Å². The number of nitrogens with one attached hydrogen (secondary N) is 2. The minimum Gasteiger partial charge on any atom is -0.383 e. The largest absolute Gasteiger partial charge is 0.416 e. The van der Waals surface area contributed by atoms with Crippen molar-refractivity contribution in [2.75, 3.05) is 49.3 Å². The van der Waals surface area contributed by atoms with Gasteiger partial charge in [0.25, 0.3) is 5.91 Å². The van der Waals surface area contributed by atoms with Crippen molar-refractivity contribution in [1.29, 1.82) is 0 Å². The van der Waals surface area contributed by atoms with E-state index < -0.39 is 17.6 Å². The molecule has 1 fully saturated rings. The molecule has 4 N–H and O–H groups in total. The molecule has 0 spiro atoms. The lowest BCUT2D eigenvalue weighted by Gasteiger charge is -2.32. The number of methoxy groups -OCH3 is 1. The number of rotatable bonds is 8. The normalized spacial score (nSPS) is 15.5. The number of piperidine rings is 1. The molecule has 1 aliphatic rings. The molecule has 0 radical (unpaired) electrons. The Labute approximate surface area is 238 Å². The zero-order valence-electron chi connectivity index (χ0n) is 22.7. The summed E-state index contributed by atoms with van der Waals surface area (Å²) in [5, 5.41) is 5.31. The van der Waals surface area contributed by atoms with Gasteiger partial charge in [-0.1, -0.05) is 12.1 Å². The second-order valence-electron chi connectivity index (χ2n) is 9.82. The number of nitrogens with zero attached hydrogens (tertiary/aromatic N) is 5. The van der Waals surface area contributed by atoms with Crippen molar-refractivity contribution in [2.24, 2.45) is 5.92 Å². The molecule has 220 valence electrons. The molecule has 1 saturated heterocycles. The zero-order valence-corrected chi connectivity index (χ0v) is 22.7.